The fraction of sp³-hybridized carbons (Fsp3) is 0.0909. The van der Waals surface area contributed by atoms with Crippen LogP contribution in [0.4, 0.5) is 5.82 Å². The van der Waals surface area contributed by atoms with E-state index in [1.54, 1.807) is 12.3 Å². The van der Waals surface area contributed by atoms with E-state index < -0.39 is 5.91 Å². The minimum atomic E-state index is -0.397. The summed E-state index contributed by atoms with van der Waals surface area (Å²) in [4.78, 5) is 23.5. The van der Waals surface area contributed by atoms with Crippen molar-refractivity contribution >= 4 is 23.3 Å². The fourth-order valence-corrected chi connectivity index (χ4v) is 1.48. The summed E-state index contributed by atoms with van der Waals surface area (Å²) in [5.41, 5.74) is 6.30. The quantitative estimate of drug-likeness (QED) is 0.863. The van der Waals surface area contributed by atoms with Crippen molar-refractivity contribution in [1.82, 2.24) is 20.3 Å². The minimum absolute atomic E-state index is 0.103. The van der Waals surface area contributed by atoms with Gasteiger partial charge in [0.15, 0.2) is 0 Å². The number of nitrogens with zero attached hydrogens (tertiary/aromatic N) is 3. The van der Waals surface area contributed by atoms with Crippen LogP contribution < -0.4 is 11.1 Å². The molecule has 0 atom stereocenters. The lowest BCUT2D eigenvalue weighted by Crippen LogP contribution is -2.25. The van der Waals surface area contributed by atoms with Crippen LogP contribution in [-0.4, -0.2) is 20.9 Å². The van der Waals surface area contributed by atoms with Gasteiger partial charge < -0.3 is 11.1 Å². The van der Waals surface area contributed by atoms with Crippen molar-refractivity contribution in [1.29, 1.82) is 0 Å². The van der Waals surface area contributed by atoms with Crippen molar-refractivity contribution in [2.45, 2.75) is 6.54 Å². The van der Waals surface area contributed by atoms with E-state index in [2.05, 4.69) is 20.3 Å². The summed E-state index contributed by atoms with van der Waals surface area (Å²) in [5, 5.41) is 2.91. The summed E-state index contributed by atoms with van der Waals surface area (Å²) in [7, 11) is 0. The molecule has 0 aliphatic heterocycles. The molecule has 7 heteroatoms. The number of amides is 1. The lowest BCUT2D eigenvalue weighted by atomic mass is 10.3. The van der Waals surface area contributed by atoms with Crippen LogP contribution in [0.2, 0.25) is 5.02 Å². The second-order valence-corrected chi connectivity index (χ2v) is 3.86. The zero-order chi connectivity index (χ0) is 13.0. The van der Waals surface area contributed by atoms with E-state index in [1.807, 2.05) is 0 Å². The zero-order valence-corrected chi connectivity index (χ0v) is 10.1. The largest absolute Gasteiger partial charge is 0.384 e. The van der Waals surface area contributed by atoms with E-state index in [-0.39, 0.29) is 23.1 Å². The van der Waals surface area contributed by atoms with Crippen LogP contribution >= 0.6 is 11.6 Å². The Morgan fingerprint density at radius 2 is 2.22 bits per heavy atom. The highest BCUT2D eigenvalue weighted by atomic mass is 35.5. The maximum absolute atomic E-state index is 11.8. The number of anilines is 1. The van der Waals surface area contributed by atoms with E-state index in [0.29, 0.717) is 5.69 Å². The molecule has 0 aromatic carbocycles. The Morgan fingerprint density at radius 1 is 1.39 bits per heavy atom. The Hall–Kier alpha value is -2.21. The average molecular weight is 264 g/mol. The van der Waals surface area contributed by atoms with Gasteiger partial charge >= 0.3 is 0 Å². The molecule has 0 saturated carbocycles. The Morgan fingerprint density at radius 3 is 2.94 bits per heavy atom. The number of nitrogen functional groups attached to an aromatic ring is 1. The molecule has 0 bridgehead atoms. The van der Waals surface area contributed by atoms with Crippen molar-refractivity contribution in [3.63, 3.8) is 0 Å². The lowest BCUT2D eigenvalue weighted by molar-refractivity contribution is 0.0945. The molecule has 0 radical (unpaired) electrons. The standard InChI is InChI=1S/C11H10ClN5O/c12-8-1-2-9(13)17-10(8)11(18)15-5-7-3-4-14-6-16-7/h1-4,6H,5H2,(H2,13,17)(H,15,18). The van der Waals surface area contributed by atoms with Gasteiger partial charge in [-0.1, -0.05) is 11.6 Å². The van der Waals surface area contributed by atoms with Gasteiger partial charge in [-0.2, -0.15) is 0 Å². The third-order valence-corrected chi connectivity index (χ3v) is 2.46. The van der Waals surface area contributed by atoms with Gasteiger partial charge in [-0.15, -0.1) is 0 Å². The van der Waals surface area contributed by atoms with Crippen LogP contribution in [0.5, 0.6) is 0 Å². The molecule has 0 spiro atoms. The Balaban J connectivity index is 2.06. The van der Waals surface area contributed by atoms with Gasteiger partial charge in [0.25, 0.3) is 5.91 Å². The van der Waals surface area contributed by atoms with Gasteiger partial charge in [-0.25, -0.2) is 15.0 Å². The number of rotatable bonds is 3. The SMILES string of the molecule is Nc1ccc(Cl)c(C(=O)NCc2ccncn2)n1. The minimum Gasteiger partial charge on any atom is -0.384 e. The van der Waals surface area contributed by atoms with E-state index in [1.165, 1.54) is 18.5 Å². The Bertz CT molecular complexity index is 561. The number of nitrogens with one attached hydrogen (secondary N) is 1. The summed E-state index contributed by atoms with van der Waals surface area (Å²) in [6.45, 7) is 0.272. The topological polar surface area (TPSA) is 93.8 Å². The second-order valence-electron chi connectivity index (χ2n) is 3.45. The summed E-state index contributed by atoms with van der Waals surface area (Å²) >= 11 is 5.87. The number of pyridine rings is 1. The van der Waals surface area contributed by atoms with Crippen LogP contribution in [0.3, 0.4) is 0 Å². The number of nitrogens with two attached hydrogens (primary N) is 1. The fourth-order valence-electron chi connectivity index (χ4n) is 1.29. The van der Waals surface area contributed by atoms with Crippen molar-refractivity contribution in [3.05, 3.63) is 47.1 Å². The molecule has 2 aromatic heterocycles. The van der Waals surface area contributed by atoms with Gasteiger partial charge in [-0.05, 0) is 18.2 Å². The highest BCUT2D eigenvalue weighted by molar-refractivity contribution is 6.33. The summed E-state index contributed by atoms with van der Waals surface area (Å²) in [6, 6.07) is 4.77. The molecular weight excluding hydrogens is 254 g/mol. The first kappa shape index (κ1) is 12.3. The molecule has 2 heterocycles. The van der Waals surface area contributed by atoms with Crippen LogP contribution in [0.1, 0.15) is 16.2 Å². The number of aromatic nitrogens is 3. The van der Waals surface area contributed by atoms with Gasteiger partial charge in [0.1, 0.15) is 17.8 Å². The van der Waals surface area contributed by atoms with Crippen molar-refractivity contribution in [2.24, 2.45) is 0 Å². The predicted octanol–water partition coefficient (Wildman–Crippen LogP) is 1.04. The van der Waals surface area contributed by atoms with Gasteiger partial charge in [-0.3, -0.25) is 4.79 Å². The molecule has 0 aliphatic carbocycles. The lowest BCUT2D eigenvalue weighted by Gasteiger charge is -2.06. The van der Waals surface area contributed by atoms with Crippen molar-refractivity contribution in [3.8, 4) is 0 Å². The van der Waals surface area contributed by atoms with Gasteiger partial charge in [0, 0.05) is 6.20 Å². The predicted molar refractivity (Wildman–Crippen MR) is 66.9 cm³/mol. The first-order valence-electron chi connectivity index (χ1n) is 5.12. The van der Waals surface area contributed by atoms with Crippen LogP contribution in [-0.2, 0) is 6.54 Å². The highest BCUT2D eigenvalue weighted by Crippen LogP contribution is 2.14. The first-order chi connectivity index (χ1) is 8.66. The second kappa shape index (κ2) is 5.42. The molecule has 0 saturated heterocycles. The van der Waals surface area contributed by atoms with E-state index in [9.17, 15) is 4.79 Å². The maximum Gasteiger partial charge on any atom is 0.271 e. The van der Waals surface area contributed by atoms with Crippen LogP contribution in [0.25, 0.3) is 0 Å². The van der Waals surface area contributed by atoms with E-state index in [0.717, 1.165) is 0 Å². The van der Waals surface area contributed by atoms with E-state index >= 15 is 0 Å². The number of halogens is 1. The van der Waals surface area contributed by atoms with Gasteiger partial charge in [0.2, 0.25) is 0 Å². The third kappa shape index (κ3) is 2.92. The molecule has 0 unspecified atom stereocenters. The molecule has 6 nitrogen and oxygen atoms in total. The molecule has 0 aliphatic rings. The maximum atomic E-state index is 11.8. The van der Waals surface area contributed by atoms with E-state index in [4.69, 9.17) is 17.3 Å². The Labute approximate surface area is 108 Å². The number of hydrogen-bond donors (Lipinski definition) is 2. The molecule has 0 fully saturated rings. The highest BCUT2D eigenvalue weighted by Gasteiger charge is 2.12. The third-order valence-electron chi connectivity index (χ3n) is 2.16. The number of hydrogen-bond acceptors (Lipinski definition) is 5. The first-order valence-corrected chi connectivity index (χ1v) is 5.49. The normalized spacial score (nSPS) is 10.1. The number of carbonyl (C=O) groups is 1. The molecule has 1 amide bonds. The summed E-state index contributed by atoms with van der Waals surface area (Å²) < 4.78 is 0. The molecule has 2 rings (SSSR count). The van der Waals surface area contributed by atoms with Crippen LogP contribution in [0, 0.1) is 0 Å². The number of carbonyl (C=O) groups excluding carboxylic acids is 1. The molecule has 92 valence electrons. The van der Waals surface area contributed by atoms with Crippen LogP contribution in [0.15, 0.2) is 30.7 Å². The smallest absolute Gasteiger partial charge is 0.271 e. The van der Waals surface area contributed by atoms with Gasteiger partial charge in [0.05, 0.1) is 17.3 Å². The Kier molecular flexibility index (Phi) is 3.69. The molecule has 18 heavy (non-hydrogen) atoms. The monoisotopic (exact) mass is 263 g/mol. The summed E-state index contributed by atoms with van der Waals surface area (Å²) in [5.74, 6) is -0.155. The summed E-state index contributed by atoms with van der Waals surface area (Å²) in [6.07, 6.45) is 3.01. The van der Waals surface area contributed by atoms with Crippen molar-refractivity contribution < 1.29 is 4.79 Å². The van der Waals surface area contributed by atoms with Crippen molar-refractivity contribution in [2.75, 3.05) is 5.73 Å². The average Bonchev–Trinajstić information content (AvgIpc) is 2.40. The molecule has 2 aromatic rings. The zero-order valence-electron chi connectivity index (χ0n) is 9.30. The molecule has 3 N–H and O–H groups in total. The molecular formula is C11H10ClN5O.